The summed E-state index contributed by atoms with van der Waals surface area (Å²) < 4.78 is 60.7. The third-order valence-corrected chi connectivity index (χ3v) is 5.07. The van der Waals surface area contributed by atoms with Gasteiger partial charge in [-0.15, -0.1) is 0 Å². The first-order valence-corrected chi connectivity index (χ1v) is 8.80. The van der Waals surface area contributed by atoms with E-state index in [1.165, 1.54) is 24.3 Å². The average molecular weight is 385 g/mol. The molecule has 0 amide bonds. The monoisotopic (exact) mass is 385 g/mol. The fourth-order valence-electron chi connectivity index (χ4n) is 2.38. The number of benzene rings is 2. The smallest absolute Gasteiger partial charge is 0.418 e. The molecule has 0 spiro atoms. The highest BCUT2D eigenvalue weighted by Crippen LogP contribution is 2.35. The van der Waals surface area contributed by atoms with Gasteiger partial charge in [0.1, 0.15) is 11.0 Å². The minimum atomic E-state index is -5.03. The molecule has 2 rings (SSSR count). The zero-order valence-electron chi connectivity index (χ0n) is 14.2. The Balaban J connectivity index is 2.46. The second-order valence-electron chi connectivity index (χ2n) is 5.74. The molecule has 4 nitrogen and oxygen atoms in total. The number of nitrogens with one attached hydrogen (secondary N) is 1. The first kappa shape index (κ1) is 20.1. The highest BCUT2D eigenvalue weighted by atomic mass is 32.2. The number of methoxy groups -OCH3 is 1. The lowest BCUT2D eigenvalue weighted by Gasteiger charge is -2.33. The van der Waals surface area contributed by atoms with Gasteiger partial charge in [-0.3, -0.25) is 0 Å². The van der Waals surface area contributed by atoms with Crippen molar-refractivity contribution in [3.05, 3.63) is 65.7 Å². The van der Waals surface area contributed by atoms with Crippen LogP contribution in [0.5, 0.6) is 0 Å². The number of esters is 1. The molecule has 0 saturated carbocycles. The summed E-state index contributed by atoms with van der Waals surface area (Å²) in [5, 5.41) is 0. The van der Waals surface area contributed by atoms with Crippen LogP contribution < -0.4 is 4.72 Å². The standard InChI is InChI=1S/C18H18F3NO3S/c1-13-8-10-15(11-9-13)26(24)22-17(16(23)25-2,18(19,20)21)12-14-6-4-3-5-7-14/h3-11,22H,12H2,1-2H3/t17-,26?/m1/s1. The average Bonchev–Trinajstić information content (AvgIpc) is 2.60. The maximum atomic E-state index is 13.9. The van der Waals surface area contributed by atoms with E-state index >= 15 is 0 Å². The van der Waals surface area contributed by atoms with E-state index in [-0.39, 0.29) is 10.5 Å². The predicted molar refractivity (Wildman–Crippen MR) is 91.7 cm³/mol. The van der Waals surface area contributed by atoms with E-state index in [2.05, 4.69) is 4.74 Å². The molecule has 8 heteroatoms. The van der Waals surface area contributed by atoms with Gasteiger partial charge < -0.3 is 4.74 Å². The number of ether oxygens (including phenoxy) is 1. The maximum absolute atomic E-state index is 13.9. The second-order valence-corrected chi connectivity index (χ2v) is 6.95. The van der Waals surface area contributed by atoms with E-state index in [1.54, 1.807) is 37.3 Å². The first-order chi connectivity index (χ1) is 12.2. The van der Waals surface area contributed by atoms with Gasteiger partial charge in [0.2, 0.25) is 5.54 Å². The Morgan fingerprint density at radius 2 is 1.65 bits per heavy atom. The van der Waals surface area contributed by atoms with Gasteiger partial charge in [0.05, 0.1) is 12.0 Å². The van der Waals surface area contributed by atoms with Gasteiger partial charge in [0.15, 0.2) is 0 Å². The number of aryl methyl sites for hydroxylation is 1. The lowest BCUT2D eigenvalue weighted by molar-refractivity contribution is -0.207. The molecule has 1 unspecified atom stereocenters. The lowest BCUT2D eigenvalue weighted by atomic mass is 9.91. The van der Waals surface area contributed by atoms with Crippen molar-refractivity contribution in [2.45, 2.75) is 30.0 Å². The molecule has 0 fully saturated rings. The molecule has 0 heterocycles. The molecule has 0 aromatic heterocycles. The highest BCUT2D eigenvalue weighted by molar-refractivity contribution is 7.83. The molecule has 0 aliphatic heterocycles. The van der Waals surface area contributed by atoms with Crippen molar-refractivity contribution >= 4 is 17.0 Å². The van der Waals surface area contributed by atoms with E-state index in [1.807, 2.05) is 4.72 Å². The van der Waals surface area contributed by atoms with Crippen LogP contribution in [-0.4, -0.2) is 29.0 Å². The number of hydrogen-bond donors (Lipinski definition) is 1. The Morgan fingerprint density at radius 3 is 2.15 bits per heavy atom. The molecule has 1 N–H and O–H groups in total. The molecule has 26 heavy (non-hydrogen) atoms. The number of hydrogen-bond acceptors (Lipinski definition) is 3. The quantitative estimate of drug-likeness (QED) is 0.776. The number of alkyl halides is 3. The topological polar surface area (TPSA) is 55.4 Å². The Hall–Kier alpha value is -2.19. The summed E-state index contributed by atoms with van der Waals surface area (Å²) in [4.78, 5) is 12.3. The van der Waals surface area contributed by atoms with Crippen LogP contribution in [0.2, 0.25) is 0 Å². The zero-order chi connectivity index (χ0) is 19.4. The molecule has 0 saturated heterocycles. The minimum absolute atomic E-state index is 0.126. The van der Waals surface area contributed by atoms with Crippen molar-refractivity contribution < 1.29 is 26.9 Å². The Labute approximate surface area is 152 Å². The van der Waals surface area contributed by atoms with Crippen LogP contribution in [0.25, 0.3) is 0 Å². The van der Waals surface area contributed by atoms with Crippen LogP contribution in [0.3, 0.4) is 0 Å². The maximum Gasteiger partial charge on any atom is 0.418 e. The molecular formula is C18H18F3NO3S. The van der Waals surface area contributed by atoms with Crippen molar-refractivity contribution in [2.75, 3.05) is 7.11 Å². The van der Waals surface area contributed by atoms with Crippen LogP contribution in [-0.2, 0) is 26.9 Å². The van der Waals surface area contributed by atoms with Crippen molar-refractivity contribution in [1.29, 1.82) is 0 Å². The van der Waals surface area contributed by atoms with Gasteiger partial charge in [0, 0.05) is 6.42 Å². The van der Waals surface area contributed by atoms with E-state index in [0.717, 1.165) is 12.7 Å². The highest BCUT2D eigenvalue weighted by Gasteiger charge is 2.62. The van der Waals surface area contributed by atoms with Crippen LogP contribution in [0.1, 0.15) is 11.1 Å². The molecule has 0 bridgehead atoms. The Bertz CT molecular complexity index is 779. The van der Waals surface area contributed by atoms with Gasteiger partial charge in [0.25, 0.3) is 0 Å². The summed E-state index contributed by atoms with van der Waals surface area (Å²) >= 11 is 0. The predicted octanol–water partition coefficient (Wildman–Crippen LogP) is 3.32. The second kappa shape index (κ2) is 8.01. The van der Waals surface area contributed by atoms with E-state index in [4.69, 9.17) is 0 Å². The van der Waals surface area contributed by atoms with Crippen LogP contribution in [0, 0.1) is 6.92 Å². The first-order valence-electron chi connectivity index (χ1n) is 7.65. The van der Waals surface area contributed by atoms with Gasteiger partial charge >= 0.3 is 12.1 Å². The van der Waals surface area contributed by atoms with Crippen LogP contribution in [0.15, 0.2) is 59.5 Å². The van der Waals surface area contributed by atoms with Crippen molar-refractivity contribution in [3.8, 4) is 0 Å². The molecule has 140 valence electrons. The molecule has 2 atom stereocenters. The van der Waals surface area contributed by atoms with Gasteiger partial charge in [-0.1, -0.05) is 48.0 Å². The van der Waals surface area contributed by atoms with E-state index in [0.29, 0.717) is 0 Å². The summed E-state index contributed by atoms with van der Waals surface area (Å²) in [7, 11) is -1.41. The lowest BCUT2D eigenvalue weighted by Crippen LogP contribution is -2.64. The fourth-order valence-corrected chi connectivity index (χ4v) is 3.47. The van der Waals surface area contributed by atoms with Crippen molar-refractivity contribution in [2.24, 2.45) is 0 Å². The van der Waals surface area contributed by atoms with E-state index < -0.39 is 35.1 Å². The normalized spacial score (nSPS) is 15.1. The van der Waals surface area contributed by atoms with Gasteiger partial charge in [-0.25, -0.2) is 13.7 Å². The van der Waals surface area contributed by atoms with Crippen molar-refractivity contribution in [1.82, 2.24) is 4.72 Å². The summed E-state index contributed by atoms with van der Waals surface area (Å²) in [6.07, 6.45) is -5.78. The minimum Gasteiger partial charge on any atom is -0.467 e. The van der Waals surface area contributed by atoms with Crippen molar-refractivity contribution in [3.63, 3.8) is 0 Å². The van der Waals surface area contributed by atoms with Gasteiger partial charge in [-0.05, 0) is 24.6 Å². The fraction of sp³-hybridized carbons (Fsp3) is 0.278. The summed E-state index contributed by atoms with van der Waals surface area (Å²) in [6.45, 7) is 1.80. The van der Waals surface area contributed by atoms with E-state index in [9.17, 15) is 22.2 Å². The third kappa shape index (κ3) is 4.31. The largest absolute Gasteiger partial charge is 0.467 e. The van der Waals surface area contributed by atoms with Crippen LogP contribution in [0.4, 0.5) is 13.2 Å². The van der Waals surface area contributed by atoms with Crippen LogP contribution >= 0.6 is 0 Å². The zero-order valence-corrected chi connectivity index (χ0v) is 15.0. The number of rotatable bonds is 6. The molecule has 2 aromatic rings. The third-order valence-electron chi connectivity index (χ3n) is 3.83. The molecular weight excluding hydrogens is 367 g/mol. The Kier molecular flexibility index (Phi) is 6.20. The SMILES string of the molecule is COC(=O)[C@@](Cc1ccccc1)(NS(=O)c1ccc(C)cc1)C(F)(F)F. The molecule has 0 aliphatic carbocycles. The number of halogens is 3. The summed E-state index contributed by atoms with van der Waals surface area (Å²) in [5.74, 6) is -1.55. The van der Waals surface area contributed by atoms with Gasteiger partial charge in [-0.2, -0.15) is 13.2 Å². The molecule has 0 aliphatic rings. The number of carbonyl (C=O) groups excluding carboxylic acids is 1. The number of carbonyl (C=O) groups is 1. The summed E-state index contributed by atoms with van der Waals surface area (Å²) in [5.41, 5.74) is -2.02. The molecule has 2 aromatic carbocycles. The Morgan fingerprint density at radius 1 is 1.08 bits per heavy atom. The molecule has 0 radical (unpaired) electrons. The summed E-state index contributed by atoms with van der Waals surface area (Å²) in [6, 6.07) is 13.8.